The van der Waals surface area contributed by atoms with Crippen LogP contribution in [0.1, 0.15) is 31.0 Å². The number of aromatic nitrogens is 3. The maximum Gasteiger partial charge on any atom is 0.310 e. The molecule has 1 N–H and O–H groups in total. The number of carbonyl (C=O) groups excluding carboxylic acids is 1. The monoisotopic (exact) mass is 313 g/mol. The van der Waals surface area contributed by atoms with Gasteiger partial charge in [-0.25, -0.2) is 9.97 Å². The van der Waals surface area contributed by atoms with Crippen molar-refractivity contribution in [3.8, 4) is 0 Å². The van der Waals surface area contributed by atoms with Crippen molar-refractivity contribution in [1.29, 1.82) is 0 Å². The van der Waals surface area contributed by atoms with Crippen LogP contribution in [-0.4, -0.2) is 27.4 Å². The number of hydrogen-bond acceptors (Lipinski definition) is 5. The van der Waals surface area contributed by atoms with Crippen LogP contribution in [0.3, 0.4) is 0 Å². The summed E-state index contributed by atoms with van der Waals surface area (Å²) in [4.78, 5) is 25.2. The van der Waals surface area contributed by atoms with E-state index < -0.39 is 6.08 Å². The second kappa shape index (κ2) is 4.71. The number of amides is 1. The lowest BCUT2D eigenvalue weighted by Crippen LogP contribution is -2.21. The third-order valence-corrected chi connectivity index (χ3v) is 4.45. The van der Waals surface area contributed by atoms with Gasteiger partial charge < -0.3 is 10.2 Å². The highest BCUT2D eigenvalue weighted by Gasteiger charge is 2.52. The molecule has 0 atom stereocenters. The molecule has 0 aromatic carbocycles. The number of rotatable bonds is 2. The van der Waals surface area contributed by atoms with Gasteiger partial charge in [0.2, 0.25) is 5.91 Å². The van der Waals surface area contributed by atoms with Crippen molar-refractivity contribution in [3.63, 3.8) is 0 Å². The van der Waals surface area contributed by atoms with Crippen LogP contribution < -0.4 is 10.2 Å². The quantitative estimate of drug-likeness (QED) is 0.862. The molecule has 1 aliphatic carbocycles. The third kappa shape index (κ3) is 2.32. The van der Waals surface area contributed by atoms with E-state index in [9.17, 15) is 9.18 Å². The van der Waals surface area contributed by atoms with E-state index in [2.05, 4.69) is 20.3 Å². The molecule has 2 aromatic heterocycles. The minimum absolute atomic E-state index is 0.0897. The predicted octanol–water partition coefficient (Wildman–Crippen LogP) is 2.46. The van der Waals surface area contributed by atoms with E-state index in [1.165, 1.54) is 6.92 Å². The summed E-state index contributed by atoms with van der Waals surface area (Å²) in [5.74, 6) is 0.859. The Hall–Kier alpha value is -2.57. The highest BCUT2D eigenvalue weighted by atomic mass is 19.1. The topological polar surface area (TPSA) is 71.0 Å². The van der Waals surface area contributed by atoms with Gasteiger partial charge >= 0.3 is 6.08 Å². The van der Waals surface area contributed by atoms with E-state index in [1.54, 1.807) is 13.0 Å². The van der Waals surface area contributed by atoms with Crippen LogP contribution in [0.4, 0.5) is 21.7 Å². The minimum atomic E-state index is -0.727. The molecule has 1 amide bonds. The largest absolute Gasteiger partial charge is 0.325 e. The van der Waals surface area contributed by atoms with E-state index >= 15 is 0 Å². The van der Waals surface area contributed by atoms with Gasteiger partial charge in [-0.1, -0.05) is 0 Å². The zero-order valence-electron chi connectivity index (χ0n) is 12.9. The Morgan fingerprint density at radius 2 is 2.13 bits per heavy atom. The van der Waals surface area contributed by atoms with Crippen LogP contribution in [0, 0.1) is 13.0 Å². The minimum Gasteiger partial charge on any atom is -0.325 e. The second-order valence-corrected chi connectivity index (χ2v) is 6.27. The summed E-state index contributed by atoms with van der Waals surface area (Å²) < 4.78 is 13.6. The zero-order chi connectivity index (χ0) is 16.2. The Labute approximate surface area is 132 Å². The lowest BCUT2D eigenvalue weighted by atomic mass is 10.0. The van der Waals surface area contributed by atoms with Crippen LogP contribution in [0.2, 0.25) is 0 Å². The summed E-state index contributed by atoms with van der Waals surface area (Å²) in [7, 11) is 0. The second-order valence-electron chi connectivity index (χ2n) is 6.27. The van der Waals surface area contributed by atoms with E-state index in [1.807, 2.05) is 17.2 Å². The summed E-state index contributed by atoms with van der Waals surface area (Å²) >= 11 is 0. The first-order valence-corrected chi connectivity index (χ1v) is 7.54. The van der Waals surface area contributed by atoms with Crippen molar-refractivity contribution in [3.05, 3.63) is 35.7 Å². The summed E-state index contributed by atoms with van der Waals surface area (Å²) in [6, 6.07) is 3.60. The van der Waals surface area contributed by atoms with Crippen molar-refractivity contribution >= 4 is 23.2 Å². The number of hydrogen-bond donors (Lipinski definition) is 1. The number of fused-ring (bicyclic) bond motifs is 2. The maximum absolute atomic E-state index is 13.6. The Bertz CT molecular complexity index is 798. The molecule has 6 nitrogen and oxygen atoms in total. The van der Waals surface area contributed by atoms with Crippen LogP contribution in [-0.2, 0) is 10.2 Å². The average molecular weight is 313 g/mol. The molecule has 118 valence electrons. The molecule has 1 fully saturated rings. The zero-order valence-corrected chi connectivity index (χ0v) is 12.9. The first-order chi connectivity index (χ1) is 11.0. The van der Waals surface area contributed by atoms with Gasteiger partial charge in [-0.3, -0.25) is 4.79 Å². The molecule has 3 heterocycles. The fraction of sp³-hybridized carbons (Fsp3) is 0.375. The number of nitrogens with zero attached hydrogens (tertiary/aromatic N) is 4. The summed E-state index contributed by atoms with van der Waals surface area (Å²) in [5.41, 5.74) is 2.75. The third-order valence-electron chi connectivity index (χ3n) is 4.45. The molecule has 4 rings (SSSR count). The van der Waals surface area contributed by atoms with Gasteiger partial charge in [0.15, 0.2) is 0 Å². The lowest BCUT2D eigenvalue weighted by molar-refractivity contribution is -0.114. The average Bonchev–Trinajstić information content (AvgIpc) is 3.16. The molecule has 2 aliphatic rings. The first kappa shape index (κ1) is 14.0. The molecular weight excluding hydrogens is 297 g/mol. The fourth-order valence-electron chi connectivity index (χ4n) is 3.24. The Morgan fingerprint density at radius 3 is 2.78 bits per heavy atom. The first-order valence-electron chi connectivity index (χ1n) is 7.54. The Kier molecular flexibility index (Phi) is 2.88. The van der Waals surface area contributed by atoms with Crippen molar-refractivity contribution in [1.82, 2.24) is 15.0 Å². The molecule has 1 saturated carbocycles. The Morgan fingerprint density at radius 1 is 1.35 bits per heavy atom. The number of halogens is 1. The molecule has 1 spiro atoms. The summed E-state index contributed by atoms with van der Waals surface area (Å²) in [5, 5.41) is 2.69. The van der Waals surface area contributed by atoms with E-state index in [-0.39, 0.29) is 11.3 Å². The number of nitrogens with one attached hydrogen (secondary N) is 1. The van der Waals surface area contributed by atoms with Crippen LogP contribution in [0.5, 0.6) is 0 Å². The van der Waals surface area contributed by atoms with Crippen LogP contribution in [0.25, 0.3) is 0 Å². The molecule has 0 unspecified atom stereocenters. The van der Waals surface area contributed by atoms with Gasteiger partial charge in [-0.2, -0.15) is 9.37 Å². The van der Waals surface area contributed by atoms with Crippen molar-refractivity contribution in [2.45, 2.75) is 32.1 Å². The van der Waals surface area contributed by atoms with Crippen molar-refractivity contribution < 1.29 is 9.18 Å². The molecule has 0 radical (unpaired) electrons. The van der Waals surface area contributed by atoms with Gasteiger partial charge in [0.1, 0.15) is 11.6 Å². The molecule has 1 aliphatic heterocycles. The standard InChI is InChI=1S/C16H16FN5O/c1-9-5-14(21-15(17)19-9)22-8-16(3-4-16)11-7-18-13(6-12(11)22)20-10(2)23/h5-7H,3-4,8H2,1-2H3,(H,18,20,23). The fourth-order valence-corrected chi connectivity index (χ4v) is 3.24. The Balaban J connectivity index is 1.80. The number of carbonyl (C=O) groups is 1. The molecule has 23 heavy (non-hydrogen) atoms. The number of pyridine rings is 1. The molecule has 0 bridgehead atoms. The summed E-state index contributed by atoms with van der Waals surface area (Å²) in [6.45, 7) is 3.94. The van der Waals surface area contributed by atoms with Crippen LogP contribution >= 0.6 is 0 Å². The highest BCUT2D eigenvalue weighted by molar-refractivity contribution is 5.89. The molecule has 2 aromatic rings. The predicted molar refractivity (Wildman–Crippen MR) is 83.2 cm³/mol. The van der Waals surface area contributed by atoms with Gasteiger partial charge in [0.05, 0.1) is 5.69 Å². The molecule has 0 saturated heterocycles. The number of anilines is 3. The van der Waals surface area contributed by atoms with Crippen molar-refractivity contribution in [2.24, 2.45) is 0 Å². The molecule has 7 heteroatoms. The lowest BCUT2D eigenvalue weighted by Gasteiger charge is -2.19. The van der Waals surface area contributed by atoms with Gasteiger partial charge in [-0.05, 0) is 19.8 Å². The van der Waals surface area contributed by atoms with Gasteiger partial charge in [0, 0.05) is 48.5 Å². The highest BCUT2D eigenvalue weighted by Crippen LogP contribution is 2.57. The summed E-state index contributed by atoms with van der Waals surface area (Å²) in [6.07, 6.45) is 3.27. The van der Waals surface area contributed by atoms with Gasteiger partial charge in [-0.15, -0.1) is 0 Å². The SMILES string of the molecule is CC(=O)Nc1cc2c(cn1)C1(CC1)CN2c1cc(C)nc(F)n1. The smallest absolute Gasteiger partial charge is 0.310 e. The van der Waals surface area contributed by atoms with Gasteiger partial charge in [0.25, 0.3) is 0 Å². The van der Waals surface area contributed by atoms with E-state index in [0.29, 0.717) is 17.3 Å². The molecular formula is C16H16FN5O. The van der Waals surface area contributed by atoms with E-state index in [0.717, 1.165) is 30.6 Å². The van der Waals surface area contributed by atoms with Crippen LogP contribution in [0.15, 0.2) is 18.3 Å². The maximum atomic E-state index is 13.6. The van der Waals surface area contributed by atoms with Crippen molar-refractivity contribution in [2.75, 3.05) is 16.8 Å². The number of aryl methyl sites for hydroxylation is 1. The normalized spacial score (nSPS) is 17.3. The van der Waals surface area contributed by atoms with E-state index in [4.69, 9.17) is 0 Å².